The molecule has 0 radical (unpaired) electrons. The molecule has 51 heavy (non-hydrogen) atoms. The first-order valence-corrected chi connectivity index (χ1v) is 21.6. The molecule has 302 valence electrons. The van der Waals surface area contributed by atoms with Crippen LogP contribution < -0.4 is 5.11 Å². The van der Waals surface area contributed by atoms with Crippen molar-refractivity contribution in [2.24, 2.45) is 0 Å². The first-order valence-electron chi connectivity index (χ1n) is 21.6. The van der Waals surface area contributed by atoms with E-state index in [1.807, 2.05) is 0 Å². The van der Waals surface area contributed by atoms with Crippen LogP contribution in [-0.2, 0) is 28.6 Å². The number of esters is 2. The van der Waals surface area contributed by atoms with Crippen LogP contribution in [0.4, 0.5) is 0 Å². The van der Waals surface area contributed by atoms with Gasteiger partial charge in [-0.2, -0.15) is 0 Å². The molecule has 0 aromatic carbocycles. The maximum Gasteiger partial charge on any atom is 0.306 e. The van der Waals surface area contributed by atoms with Gasteiger partial charge in [0.15, 0.2) is 6.10 Å². The van der Waals surface area contributed by atoms with Crippen LogP contribution in [0, 0.1) is 0 Å². The number of aliphatic carboxylic acids is 1. The van der Waals surface area contributed by atoms with Crippen LogP contribution in [0.2, 0.25) is 0 Å². The molecule has 0 saturated carbocycles. The molecule has 0 fully saturated rings. The van der Waals surface area contributed by atoms with Gasteiger partial charge in [-0.3, -0.25) is 9.59 Å². The first-order chi connectivity index (χ1) is 24.6. The molecule has 0 aliphatic rings. The number of hydrogen-bond acceptors (Lipinski definition) is 7. The van der Waals surface area contributed by atoms with E-state index in [1.165, 1.54) is 135 Å². The fourth-order valence-corrected chi connectivity index (χ4v) is 6.60. The second-order valence-corrected chi connectivity index (χ2v) is 15.9. The quantitative estimate of drug-likeness (QED) is 0.0353. The largest absolute Gasteiger partial charge is 0.544 e. The minimum Gasteiger partial charge on any atom is -0.544 e. The van der Waals surface area contributed by atoms with Gasteiger partial charge >= 0.3 is 11.9 Å². The van der Waals surface area contributed by atoms with Gasteiger partial charge in [0.25, 0.3) is 0 Å². The lowest BCUT2D eigenvalue weighted by Crippen LogP contribution is -2.55. The molecule has 0 amide bonds. The number of nitrogens with zero attached hydrogens (tertiary/aromatic N) is 1. The Bertz CT molecular complexity index is 813. The normalized spacial score (nSPS) is 12.9. The van der Waals surface area contributed by atoms with Crippen molar-refractivity contribution in [1.29, 1.82) is 0 Å². The van der Waals surface area contributed by atoms with Crippen LogP contribution >= 0.6 is 0 Å². The van der Waals surface area contributed by atoms with Gasteiger partial charge in [-0.05, 0) is 12.8 Å². The first kappa shape index (κ1) is 49.3. The summed E-state index contributed by atoms with van der Waals surface area (Å²) in [5.41, 5.74) is 0. The van der Waals surface area contributed by atoms with Crippen molar-refractivity contribution in [3.8, 4) is 0 Å². The average molecular weight is 726 g/mol. The van der Waals surface area contributed by atoms with Crippen LogP contribution in [0.5, 0.6) is 0 Å². The lowest BCUT2D eigenvalue weighted by Gasteiger charge is -2.34. The number of ether oxygens (including phenoxy) is 3. The standard InChI is InChI=1S/C43H83NO7/c1-6-8-10-12-14-16-18-20-22-24-26-28-30-32-34-42(46)51-39(37-49-36-35-40(43(47)48)44(3,4)5)38-50-41(45)33-31-29-27-25-23-21-19-17-15-13-11-9-7-2/h39-40H,6-38H2,1-5H3. The topological polar surface area (TPSA) is 102 Å². The van der Waals surface area contributed by atoms with Crippen molar-refractivity contribution in [2.45, 2.75) is 219 Å². The SMILES string of the molecule is CCCCCCCCCCCCCCCCC(=O)OC(COCCC(C(=O)[O-])[N+](C)(C)C)COC(=O)CCCCCCCCCCCCCCC. The van der Waals surface area contributed by atoms with Gasteiger partial charge in [0.05, 0.1) is 40.3 Å². The number of rotatable bonds is 39. The third-order valence-corrected chi connectivity index (χ3v) is 9.99. The molecule has 0 aliphatic carbocycles. The van der Waals surface area contributed by atoms with Crippen molar-refractivity contribution in [1.82, 2.24) is 0 Å². The molecule has 0 aromatic rings. The van der Waals surface area contributed by atoms with E-state index < -0.39 is 18.1 Å². The maximum atomic E-state index is 12.7. The molecule has 0 aromatic heterocycles. The molecule has 8 nitrogen and oxygen atoms in total. The van der Waals surface area contributed by atoms with Crippen molar-refractivity contribution in [2.75, 3.05) is 41.0 Å². The second-order valence-electron chi connectivity index (χ2n) is 15.9. The van der Waals surface area contributed by atoms with Gasteiger partial charge < -0.3 is 28.6 Å². The molecule has 0 aliphatic heterocycles. The predicted molar refractivity (Wildman–Crippen MR) is 208 cm³/mol. The van der Waals surface area contributed by atoms with E-state index in [9.17, 15) is 19.5 Å². The van der Waals surface area contributed by atoms with Crippen LogP contribution in [0.25, 0.3) is 0 Å². The number of likely N-dealkylation sites (N-methyl/N-ethyl adjacent to an activating group) is 1. The van der Waals surface area contributed by atoms with Crippen LogP contribution in [0.1, 0.15) is 206 Å². The predicted octanol–water partition coefficient (Wildman–Crippen LogP) is 10.0. The van der Waals surface area contributed by atoms with Gasteiger partial charge in [-0.25, -0.2) is 0 Å². The Morgan fingerprint density at radius 2 is 0.863 bits per heavy atom. The van der Waals surface area contributed by atoms with Gasteiger partial charge in [-0.15, -0.1) is 0 Å². The summed E-state index contributed by atoms with van der Waals surface area (Å²) in [6.07, 6.45) is 34.0. The molecule has 0 bridgehead atoms. The highest BCUT2D eigenvalue weighted by Gasteiger charge is 2.25. The van der Waals surface area contributed by atoms with Crippen LogP contribution in [0.15, 0.2) is 0 Å². The molecule has 0 N–H and O–H groups in total. The van der Waals surface area contributed by atoms with E-state index in [0.717, 1.165) is 38.5 Å². The monoisotopic (exact) mass is 726 g/mol. The van der Waals surface area contributed by atoms with E-state index in [2.05, 4.69) is 13.8 Å². The van der Waals surface area contributed by atoms with Crippen molar-refractivity contribution >= 4 is 17.9 Å². The maximum absolute atomic E-state index is 12.7. The Morgan fingerprint density at radius 1 is 0.510 bits per heavy atom. The van der Waals surface area contributed by atoms with Gasteiger partial charge in [0.2, 0.25) is 0 Å². The molecular weight excluding hydrogens is 642 g/mol. The zero-order valence-corrected chi connectivity index (χ0v) is 34.3. The number of carbonyl (C=O) groups is 3. The van der Waals surface area contributed by atoms with Crippen molar-refractivity contribution in [3.63, 3.8) is 0 Å². The van der Waals surface area contributed by atoms with E-state index in [0.29, 0.717) is 12.8 Å². The smallest absolute Gasteiger partial charge is 0.306 e. The third kappa shape index (κ3) is 33.9. The zero-order chi connectivity index (χ0) is 37.8. The Labute approximate surface area is 315 Å². The summed E-state index contributed by atoms with van der Waals surface area (Å²) >= 11 is 0. The molecule has 0 rings (SSSR count). The van der Waals surface area contributed by atoms with Crippen molar-refractivity contribution < 1.29 is 38.2 Å². The number of unbranched alkanes of at least 4 members (excludes halogenated alkanes) is 25. The summed E-state index contributed by atoms with van der Waals surface area (Å²) in [4.78, 5) is 36.8. The molecule has 0 saturated heterocycles. The molecule has 8 heteroatoms. The number of quaternary nitrogens is 1. The van der Waals surface area contributed by atoms with Gasteiger partial charge in [0, 0.05) is 19.3 Å². The number of carboxylic acids is 1. The number of carbonyl (C=O) groups excluding carboxylic acids is 3. The molecule has 0 heterocycles. The van der Waals surface area contributed by atoms with E-state index in [1.54, 1.807) is 21.1 Å². The summed E-state index contributed by atoms with van der Waals surface area (Å²) in [7, 11) is 5.41. The minimum atomic E-state index is -1.12. The Kier molecular flexibility index (Phi) is 34.2. The minimum absolute atomic E-state index is 0.0490. The fourth-order valence-electron chi connectivity index (χ4n) is 6.60. The lowest BCUT2D eigenvalue weighted by molar-refractivity contribution is -0.889. The van der Waals surface area contributed by atoms with Gasteiger partial charge in [-0.1, -0.05) is 174 Å². The fraction of sp³-hybridized carbons (Fsp3) is 0.930. The summed E-state index contributed by atoms with van der Waals surface area (Å²) in [5, 5.41) is 11.6. The molecular formula is C43H83NO7. The zero-order valence-electron chi connectivity index (χ0n) is 34.3. The molecule has 2 atom stereocenters. The van der Waals surface area contributed by atoms with Crippen molar-refractivity contribution in [3.05, 3.63) is 0 Å². The molecule has 2 unspecified atom stereocenters. The Hall–Kier alpha value is -1.67. The van der Waals surface area contributed by atoms with Gasteiger partial charge in [0.1, 0.15) is 12.6 Å². The summed E-state index contributed by atoms with van der Waals surface area (Å²) in [6.45, 7) is 4.69. The van der Waals surface area contributed by atoms with E-state index in [-0.39, 0.29) is 42.7 Å². The number of hydrogen-bond donors (Lipinski definition) is 0. The van der Waals surface area contributed by atoms with E-state index >= 15 is 0 Å². The number of carboxylic acid groups (broad SMARTS) is 1. The Balaban J connectivity index is 4.32. The summed E-state index contributed by atoms with van der Waals surface area (Å²) in [5.74, 6) is -1.72. The van der Waals surface area contributed by atoms with Crippen LogP contribution in [0.3, 0.4) is 0 Å². The van der Waals surface area contributed by atoms with Crippen LogP contribution in [-0.4, -0.2) is 75.5 Å². The van der Waals surface area contributed by atoms with E-state index in [4.69, 9.17) is 14.2 Å². The summed E-state index contributed by atoms with van der Waals surface area (Å²) in [6, 6.07) is -0.718. The highest BCUT2D eigenvalue weighted by molar-refractivity contribution is 5.70. The average Bonchev–Trinajstić information content (AvgIpc) is 3.08. The Morgan fingerprint density at radius 3 is 1.22 bits per heavy atom. The summed E-state index contributed by atoms with van der Waals surface area (Å²) < 4.78 is 17.2. The molecule has 0 spiro atoms. The highest BCUT2D eigenvalue weighted by atomic mass is 16.6. The second kappa shape index (κ2) is 35.4. The third-order valence-electron chi connectivity index (χ3n) is 9.99. The lowest BCUT2D eigenvalue weighted by atomic mass is 10.0. The highest BCUT2D eigenvalue weighted by Crippen LogP contribution is 2.16.